The number of hydrogen-bond acceptors (Lipinski definition) is 4. The zero-order valence-electron chi connectivity index (χ0n) is 11.4. The van der Waals surface area contributed by atoms with Crippen molar-refractivity contribution in [3.8, 4) is 0 Å². The van der Waals surface area contributed by atoms with Crippen LogP contribution in [-0.2, 0) is 4.74 Å². The van der Waals surface area contributed by atoms with Crippen LogP contribution >= 0.6 is 0 Å². The zero-order valence-corrected chi connectivity index (χ0v) is 11.4. The molecule has 0 radical (unpaired) electrons. The van der Waals surface area contributed by atoms with E-state index in [2.05, 4.69) is 40.5 Å². The third kappa shape index (κ3) is 6.35. The number of rotatable bonds is 7. The molecule has 100 valence electrons. The molecule has 4 nitrogen and oxygen atoms in total. The van der Waals surface area contributed by atoms with E-state index in [-0.39, 0.29) is 0 Å². The molecule has 0 saturated heterocycles. The average molecular weight is 249 g/mol. The van der Waals surface area contributed by atoms with Crippen LogP contribution in [-0.4, -0.2) is 39.0 Å². The van der Waals surface area contributed by atoms with Gasteiger partial charge in [0, 0.05) is 19.2 Å². The molecule has 1 aliphatic heterocycles. The molecular formula is C14H23N3O. The highest BCUT2D eigenvalue weighted by molar-refractivity contribution is 5.85. The summed E-state index contributed by atoms with van der Waals surface area (Å²) < 4.78 is 5.57. The van der Waals surface area contributed by atoms with E-state index < -0.39 is 0 Å². The largest absolute Gasteiger partial charge is 0.459 e. The maximum atomic E-state index is 5.57. The minimum atomic E-state index is 0.506. The highest BCUT2D eigenvalue weighted by Crippen LogP contribution is 2.03. The van der Waals surface area contributed by atoms with Crippen molar-refractivity contribution in [2.45, 2.75) is 26.2 Å². The SMILES string of the molecule is CCC=C(C=CCCNC)COC1=NCCC=N1. The molecule has 0 aliphatic carbocycles. The fourth-order valence-corrected chi connectivity index (χ4v) is 1.53. The van der Waals surface area contributed by atoms with Crippen molar-refractivity contribution in [3.05, 3.63) is 23.8 Å². The summed E-state index contributed by atoms with van der Waals surface area (Å²) >= 11 is 0. The Morgan fingerprint density at radius 2 is 2.44 bits per heavy atom. The number of aliphatic imine (C=N–C) groups is 2. The van der Waals surface area contributed by atoms with E-state index in [9.17, 15) is 0 Å². The fourth-order valence-electron chi connectivity index (χ4n) is 1.53. The molecule has 1 heterocycles. The highest BCUT2D eigenvalue weighted by Gasteiger charge is 2.02. The molecule has 0 aromatic rings. The van der Waals surface area contributed by atoms with Crippen molar-refractivity contribution in [3.63, 3.8) is 0 Å². The number of nitrogens with one attached hydrogen (secondary N) is 1. The van der Waals surface area contributed by atoms with E-state index in [0.29, 0.717) is 12.6 Å². The summed E-state index contributed by atoms with van der Waals surface area (Å²) in [6.45, 7) is 4.44. The maximum absolute atomic E-state index is 5.57. The summed E-state index contributed by atoms with van der Waals surface area (Å²) in [6, 6.07) is 0.506. The predicted octanol–water partition coefficient (Wildman–Crippen LogP) is 2.34. The van der Waals surface area contributed by atoms with Crippen molar-refractivity contribution >= 4 is 12.2 Å². The molecule has 0 fully saturated rings. The van der Waals surface area contributed by atoms with Crippen LogP contribution < -0.4 is 5.32 Å². The summed E-state index contributed by atoms with van der Waals surface area (Å²) in [7, 11) is 1.96. The van der Waals surface area contributed by atoms with Gasteiger partial charge in [-0.25, -0.2) is 9.98 Å². The van der Waals surface area contributed by atoms with Gasteiger partial charge in [-0.3, -0.25) is 0 Å². The van der Waals surface area contributed by atoms with Gasteiger partial charge in [-0.2, -0.15) is 0 Å². The van der Waals surface area contributed by atoms with Crippen LogP contribution in [0.4, 0.5) is 0 Å². The smallest absolute Gasteiger partial charge is 0.311 e. The van der Waals surface area contributed by atoms with Gasteiger partial charge >= 0.3 is 6.02 Å². The van der Waals surface area contributed by atoms with Crippen LogP contribution in [0.3, 0.4) is 0 Å². The molecule has 0 bridgehead atoms. The van der Waals surface area contributed by atoms with Gasteiger partial charge in [0.2, 0.25) is 0 Å². The van der Waals surface area contributed by atoms with Gasteiger partial charge in [0.05, 0.1) is 0 Å². The summed E-state index contributed by atoms with van der Waals surface area (Å²) in [5.74, 6) is 0. The highest BCUT2D eigenvalue weighted by atomic mass is 16.5. The molecule has 0 saturated carbocycles. The van der Waals surface area contributed by atoms with Crippen LogP contribution in [0.2, 0.25) is 0 Å². The van der Waals surface area contributed by atoms with Crippen molar-refractivity contribution in [2.75, 3.05) is 26.7 Å². The maximum Gasteiger partial charge on any atom is 0.311 e. The van der Waals surface area contributed by atoms with E-state index in [1.54, 1.807) is 0 Å². The van der Waals surface area contributed by atoms with E-state index in [1.165, 1.54) is 5.57 Å². The Bertz CT molecular complexity index is 343. The molecule has 0 aromatic heterocycles. The Morgan fingerprint density at radius 3 is 3.11 bits per heavy atom. The van der Waals surface area contributed by atoms with Gasteiger partial charge in [-0.1, -0.05) is 25.2 Å². The van der Waals surface area contributed by atoms with E-state index in [0.717, 1.165) is 32.4 Å². The van der Waals surface area contributed by atoms with Gasteiger partial charge < -0.3 is 10.1 Å². The van der Waals surface area contributed by atoms with Crippen LogP contribution in [0.1, 0.15) is 26.2 Å². The first-order valence-corrected chi connectivity index (χ1v) is 6.56. The Hall–Kier alpha value is -1.42. The molecule has 0 aromatic carbocycles. The Balaban J connectivity index is 2.38. The average Bonchev–Trinajstić information content (AvgIpc) is 2.42. The molecule has 1 aliphatic rings. The normalized spacial score (nSPS) is 16.1. The lowest BCUT2D eigenvalue weighted by atomic mass is 10.2. The van der Waals surface area contributed by atoms with Gasteiger partial charge in [-0.15, -0.1) is 0 Å². The molecule has 1 N–H and O–H groups in total. The lowest BCUT2D eigenvalue weighted by Gasteiger charge is -2.08. The minimum absolute atomic E-state index is 0.506. The van der Waals surface area contributed by atoms with Crippen LogP contribution in [0.15, 0.2) is 33.8 Å². The molecule has 0 spiro atoms. The molecule has 0 amide bonds. The topological polar surface area (TPSA) is 46.0 Å². The first-order chi connectivity index (χ1) is 8.86. The van der Waals surface area contributed by atoms with Crippen LogP contribution in [0, 0.1) is 0 Å². The first kappa shape index (κ1) is 14.6. The second kappa shape index (κ2) is 9.59. The molecular weight excluding hydrogens is 226 g/mol. The number of nitrogens with zero attached hydrogens (tertiary/aromatic N) is 2. The predicted molar refractivity (Wildman–Crippen MR) is 77.4 cm³/mol. The molecule has 1 rings (SSSR count). The molecule has 18 heavy (non-hydrogen) atoms. The number of ether oxygens (including phenoxy) is 1. The number of allylic oxidation sites excluding steroid dienone is 1. The van der Waals surface area contributed by atoms with Crippen molar-refractivity contribution in [1.82, 2.24) is 5.32 Å². The van der Waals surface area contributed by atoms with Gasteiger partial charge in [0.1, 0.15) is 6.61 Å². The van der Waals surface area contributed by atoms with Gasteiger partial charge in [0.15, 0.2) is 0 Å². The standard InChI is InChI=1S/C14H23N3O/c1-3-7-13(8-4-5-9-15-2)12-18-14-16-10-6-11-17-14/h4,7-8,10,15H,3,5-6,9,11-12H2,1-2H3. The molecule has 0 unspecified atom stereocenters. The lowest BCUT2D eigenvalue weighted by molar-refractivity contribution is 0.335. The third-order valence-electron chi connectivity index (χ3n) is 2.43. The van der Waals surface area contributed by atoms with E-state index in [1.807, 2.05) is 13.3 Å². The molecule has 4 heteroatoms. The van der Waals surface area contributed by atoms with Crippen molar-refractivity contribution in [2.24, 2.45) is 9.98 Å². The third-order valence-corrected chi connectivity index (χ3v) is 2.43. The van der Waals surface area contributed by atoms with E-state index >= 15 is 0 Å². The van der Waals surface area contributed by atoms with Crippen molar-refractivity contribution < 1.29 is 4.74 Å². The summed E-state index contributed by atoms with van der Waals surface area (Å²) in [5, 5.41) is 3.12. The number of amidine groups is 1. The Kier molecular flexibility index (Phi) is 7.80. The second-order valence-electron chi connectivity index (χ2n) is 4.04. The summed E-state index contributed by atoms with van der Waals surface area (Å²) in [4.78, 5) is 8.32. The first-order valence-electron chi connectivity index (χ1n) is 6.56. The van der Waals surface area contributed by atoms with Crippen LogP contribution in [0.25, 0.3) is 0 Å². The number of hydrogen-bond donors (Lipinski definition) is 1. The summed E-state index contributed by atoms with van der Waals surface area (Å²) in [6.07, 6.45) is 11.2. The lowest BCUT2D eigenvalue weighted by Crippen LogP contribution is -2.09. The monoisotopic (exact) mass is 249 g/mol. The second-order valence-corrected chi connectivity index (χ2v) is 4.04. The fraction of sp³-hybridized carbons (Fsp3) is 0.571. The minimum Gasteiger partial charge on any atom is -0.459 e. The zero-order chi connectivity index (χ0) is 13.1. The van der Waals surface area contributed by atoms with Gasteiger partial charge in [0.25, 0.3) is 0 Å². The Labute approximate surface area is 110 Å². The Morgan fingerprint density at radius 1 is 1.56 bits per heavy atom. The van der Waals surface area contributed by atoms with Crippen molar-refractivity contribution in [1.29, 1.82) is 0 Å². The summed E-state index contributed by atoms with van der Waals surface area (Å²) in [5.41, 5.74) is 1.18. The quantitative estimate of drug-likeness (QED) is 0.556. The van der Waals surface area contributed by atoms with E-state index in [4.69, 9.17) is 4.74 Å². The molecule has 0 atom stereocenters. The van der Waals surface area contributed by atoms with Crippen LogP contribution in [0.5, 0.6) is 0 Å². The van der Waals surface area contributed by atoms with Gasteiger partial charge in [-0.05, 0) is 32.0 Å².